The summed E-state index contributed by atoms with van der Waals surface area (Å²) in [6.45, 7) is 9.55. The summed E-state index contributed by atoms with van der Waals surface area (Å²) < 4.78 is 41.7. The van der Waals surface area contributed by atoms with Crippen molar-refractivity contribution in [2.24, 2.45) is 5.92 Å². The van der Waals surface area contributed by atoms with E-state index >= 15 is 0 Å². The van der Waals surface area contributed by atoms with Gasteiger partial charge in [-0.25, -0.2) is 17.8 Å². The molecule has 7 nitrogen and oxygen atoms in total. The summed E-state index contributed by atoms with van der Waals surface area (Å²) in [6, 6.07) is 8.61. The molecule has 0 spiro atoms. The third-order valence-electron chi connectivity index (χ3n) is 7.02. The molecule has 0 aliphatic carbocycles. The molecular formula is C26H32ClFN4O3S2. The number of halogens is 2. The summed E-state index contributed by atoms with van der Waals surface area (Å²) in [6.07, 6.45) is 0.827. The minimum atomic E-state index is -3.74. The molecule has 4 rings (SSSR count). The molecule has 1 aliphatic rings. The molecule has 1 amide bonds. The van der Waals surface area contributed by atoms with Gasteiger partial charge in [-0.3, -0.25) is 9.69 Å². The molecule has 0 radical (unpaired) electrons. The molecule has 1 fully saturated rings. The van der Waals surface area contributed by atoms with Crippen molar-refractivity contribution in [2.75, 3.05) is 44.2 Å². The smallest absolute Gasteiger partial charge is 0.243 e. The number of benzene rings is 2. The summed E-state index contributed by atoms with van der Waals surface area (Å²) in [7, 11) is -3.74. The first-order chi connectivity index (χ1) is 17.6. The van der Waals surface area contributed by atoms with E-state index in [-0.39, 0.29) is 29.8 Å². The zero-order valence-electron chi connectivity index (χ0n) is 21.3. The number of fused-ring (bicyclic) bond motifs is 1. The van der Waals surface area contributed by atoms with Crippen LogP contribution in [0, 0.1) is 18.7 Å². The normalized spacial score (nSPS) is 15.5. The molecule has 11 heteroatoms. The monoisotopic (exact) mass is 566 g/mol. The first kappa shape index (κ1) is 27.9. The number of sulfonamides is 1. The number of carbonyl (C=O) groups is 1. The number of piperidine rings is 1. The number of likely N-dealkylation sites (N-methyl/N-ethyl adjacent to an activating group) is 1. The predicted octanol–water partition coefficient (Wildman–Crippen LogP) is 5.17. The summed E-state index contributed by atoms with van der Waals surface area (Å²) in [4.78, 5) is 22.7. The van der Waals surface area contributed by atoms with Gasteiger partial charge in [-0.15, -0.1) is 0 Å². The fourth-order valence-corrected chi connectivity index (χ4v) is 7.28. The maximum atomic E-state index is 13.8. The number of hydrogen-bond donors (Lipinski definition) is 0. The quantitative estimate of drug-likeness (QED) is 0.357. The van der Waals surface area contributed by atoms with Gasteiger partial charge in [0.15, 0.2) is 5.13 Å². The van der Waals surface area contributed by atoms with Crippen LogP contribution < -0.4 is 4.90 Å². The lowest BCUT2D eigenvalue weighted by Crippen LogP contribution is -2.46. The lowest BCUT2D eigenvalue weighted by Gasteiger charge is -2.33. The van der Waals surface area contributed by atoms with E-state index in [1.54, 1.807) is 4.90 Å². The molecule has 0 unspecified atom stereocenters. The van der Waals surface area contributed by atoms with Crippen LogP contribution in [0.25, 0.3) is 10.2 Å². The van der Waals surface area contributed by atoms with Crippen LogP contribution >= 0.6 is 22.9 Å². The largest absolute Gasteiger partial charge is 0.302 e. The number of anilines is 1. The molecular weight excluding hydrogens is 535 g/mol. The number of carbonyl (C=O) groups excluding carboxylic acids is 1. The van der Waals surface area contributed by atoms with Gasteiger partial charge in [-0.1, -0.05) is 36.8 Å². The molecule has 200 valence electrons. The van der Waals surface area contributed by atoms with E-state index in [1.165, 1.54) is 27.8 Å². The van der Waals surface area contributed by atoms with Crippen LogP contribution in [0.5, 0.6) is 0 Å². The van der Waals surface area contributed by atoms with E-state index in [9.17, 15) is 17.6 Å². The van der Waals surface area contributed by atoms with Gasteiger partial charge in [0.05, 0.1) is 15.1 Å². The Bertz CT molecular complexity index is 1350. The van der Waals surface area contributed by atoms with Gasteiger partial charge >= 0.3 is 0 Å². The van der Waals surface area contributed by atoms with E-state index < -0.39 is 15.8 Å². The highest BCUT2D eigenvalue weighted by atomic mass is 35.5. The van der Waals surface area contributed by atoms with Gasteiger partial charge in [-0.05, 0) is 74.8 Å². The Morgan fingerprint density at radius 1 is 1.11 bits per heavy atom. The molecule has 0 atom stereocenters. The number of amides is 1. The molecule has 0 saturated carbocycles. The molecule has 2 heterocycles. The maximum Gasteiger partial charge on any atom is 0.243 e. The van der Waals surface area contributed by atoms with Gasteiger partial charge < -0.3 is 4.90 Å². The lowest BCUT2D eigenvalue weighted by molar-refractivity contribution is -0.123. The summed E-state index contributed by atoms with van der Waals surface area (Å²) in [5, 5.41) is 1.28. The average molecular weight is 567 g/mol. The van der Waals surface area contributed by atoms with Crippen LogP contribution in [0.2, 0.25) is 5.02 Å². The van der Waals surface area contributed by atoms with Crippen LogP contribution in [-0.4, -0.2) is 67.8 Å². The fraction of sp³-hybridized carbons (Fsp3) is 0.462. The predicted molar refractivity (Wildman–Crippen MR) is 147 cm³/mol. The van der Waals surface area contributed by atoms with Crippen LogP contribution in [0.1, 0.15) is 32.3 Å². The van der Waals surface area contributed by atoms with Crippen molar-refractivity contribution in [1.29, 1.82) is 0 Å². The Morgan fingerprint density at radius 3 is 2.38 bits per heavy atom. The Labute approximate surface area is 226 Å². The Hall–Kier alpha value is -2.11. The number of aryl methyl sites for hydroxylation is 1. The Kier molecular flexibility index (Phi) is 8.85. The maximum absolute atomic E-state index is 13.8. The van der Waals surface area contributed by atoms with Crippen molar-refractivity contribution >= 4 is 54.2 Å². The van der Waals surface area contributed by atoms with E-state index in [1.807, 2.05) is 19.1 Å². The summed E-state index contributed by atoms with van der Waals surface area (Å²) in [5.74, 6) is -0.831. The van der Waals surface area contributed by atoms with Crippen molar-refractivity contribution < 1.29 is 17.6 Å². The van der Waals surface area contributed by atoms with E-state index in [0.29, 0.717) is 36.1 Å². The van der Waals surface area contributed by atoms with Crippen LogP contribution in [0.4, 0.5) is 9.52 Å². The first-order valence-corrected chi connectivity index (χ1v) is 15.1. The average Bonchev–Trinajstić information content (AvgIpc) is 3.33. The molecule has 2 aromatic carbocycles. The van der Waals surface area contributed by atoms with E-state index in [4.69, 9.17) is 16.6 Å². The Balaban J connectivity index is 1.54. The summed E-state index contributed by atoms with van der Waals surface area (Å²) >= 11 is 7.78. The topological polar surface area (TPSA) is 73.8 Å². The third kappa shape index (κ3) is 5.98. The minimum absolute atomic E-state index is 0.0335. The third-order valence-corrected chi connectivity index (χ3v) is 10.4. The summed E-state index contributed by atoms with van der Waals surface area (Å²) in [5.41, 5.74) is 1.69. The molecule has 1 aromatic heterocycles. The molecule has 1 saturated heterocycles. The molecule has 37 heavy (non-hydrogen) atoms. The number of rotatable bonds is 9. The molecule has 0 N–H and O–H groups in total. The van der Waals surface area contributed by atoms with Gasteiger partial charge in [0, 0.05) is 37.1 Å². The van der Waals surface area contributed by atoms with Gasteiger partial charge in [0.25, 0.3) is 0 Å². The highest BCUT2D eigenvalue weighted by Gasteiger charge is 2.35. The lowest BCUT2D eigenvalue weighted by atomic mass is 9.96. The van der Waals surface area contributed by atoms with Crippen molar-refractivity contribution in [3.63, 3.8) is 0 Å². The highest BCUT2D eigenvalue weighted by Crippen LogP contribution is 2.35. The SMILES string of the molecule is CCN(CC)CCN(C(=O)C1CCN(S(=O)(=O)c2ccc(F)cc2)CC1)c1nc2c(C)c(Cl)ccc2s1. The van der Waals surface area contributed by atoms with E-state index in [2.05, 4.69) is 18.7 Å². The van der Waals surface area contributed by atoms with E-state index in [0.717, 1.165) is 41.0 Å². The fourth-order valence-electron chi connectivity index (χ4n) is 4.60. The highest BCUT2D eigenvalue weighted by molar-refractivity contribution is 7.89. The molecule has 0 bridgehead atoms. The zero-order valence-corrected chi connectivity index (χ0v) is 23.7. The van der Waals surface area contributed by atoms with Gasteiger partial charge in [0.2, 0.25) is 15.9 Å². The number of aromatic nitrogens is 1. The van der Waals surface area contributed by atoms with Crippen molar-refractivity contribution in [3.05, 3.63) is 52.8 Å². The van der Waals surface area contributed by atoms with Crippen LogP contribution in [-0.2, 0) is 14.8 Å². The van der Waals surface area contributed by atoms with Crippen molar-refractivity contribution in [2.45, 2.75) is 38.5 Å². The zero-order chi connectivity index (χ0) is 26.7. The standard InChI is InChI=1S/C26H32ClFN4O3S2/c1-4-30(5-2)16-17-32(26-29-24-18(3)22(27)10-11-23(24)36-26)25(33)19-12-14-31(15-13-19)37(34,35)21-8-6-20(28)7-9-21/h6-11,19H,4-5,12-17H2,1-3H3. The van der Waals surface area contributed by atoms with Gasteiger partial charge in [0.1, 0.15) is 5.82 Å². The second-order valence-corrected chi connectivity index (χ2v) is 12.5. The number of nitrogens with zero attached hydrogens (tertiary/aromatic N) is 4. The van der Waals surface area contributed by atoms with Gasteiger partial charge in [-0.2, -0.15) is 4.31 Å². The second-order valence-electron chi connectivity index (χ2n) is 9.16. The van der Waals surface area contributed by atoms with Crippen LogP contribution in [0.15, 0.2) is 41.3 Å². The number of thiazole rings is 1. The second kappa shape index (κ2) is 11.7. The van der Waals surface area contributed by atoms with Crippen molar-refractivity contribution in [1.82, 2.24) is 14.2 Å². The minimum Gasteiger partial charge on any atom is -0.302 e. The number of hydrogen-bond acceptors (Lipinski definition) is 6. The molecule has 3 aromatic rings. The first-order valence-electron chi connectivity index (χ1n) is 12.5. The van der Waals surface area contributed by atoms with Crippen LogP contribution in [0.3, 0.4) is 0 Å². The molecule has 1 aliphatic heterocycles. The Morgan fingerprint density at radius 2 is 1.76 bits per heavy atom. The van der Waals surface area contributed by atoms with Crippen molar-refractivity contribution in [3.8, 4) is 0 Å².